The molecule has 1 atom stereocenters. The Morgan fingerprint density at radius 3 is 2.64 bits per heavy atom. The molecule has 2 N–H and O–H groups in total. The Bertz CT molecular complexity index is 169. The van der Waals surface area contributed by atoms with Gasteiger partial charge in [-0.3, -0.25) is 0 Å². The number of β-amino-alcohol motifs (C(OH)–C–C–N with tert-alkyl or cyclic N) is 1. The molecule has 0 radical (unpaired) electrons. The minimum atomic E-state index is -0.364. The lowest BCUT2D eigenvalue weighted by Crippen LogP contribution is -2.31. The fraction of sp³-hybridized carbons (Fsp3) is 1.00. The van der Waals surface area contributed by atoms with Crippen molar-refractivity contribution in [2.45, 2.75) is 57.0 Å². The van der Waals surface area contributed by atoms with E-state index < -0.39 is 0 Å². The van der Waals surface area contributed by atoms with Crippen molar-refractivity contribution >= 4 is 0 Å². The third kappa shape index (κ3) is 2.71. The maximum absolute atomic E-state index is 10.2. The molecule has 0 amide bonds. The van der Waals surface area contributed by atoms with Crippen LogP contribution >= 0.6 is 0 Å². The van der Waals surface area contributed by atoms with Gasteiger partial charge in [0.05, 0.1) is 5.60 Å². The molecule has 14 heavy (non-hydrogen) atoms. The van der Waals surface area contributed by atoms with E-state index in [2.05, 4.69) is 5.32 Å². The van der Waals surface area contributed by atoms with Crippen molar-refractivity contribution < 1.29 is 5.11 Å². The molecular weight excluding hydrogens is 174 g/mol. The Hall–Kier alpha value is -0.0800. The highest BCUT2D eigenvalue weighted by Crippen LogP contribution is 2.31. The summed E-state index contributed by atoms with van der Waals surface area (Å²) in [5.74, 6) is 0.911. The molecule has 0 bridgehead atoms. The summed E-state index contributed by atoms with van der Waals surface area (Å²) in [5.41, 5.74) is -0.364. The van der Waals surface area contributed by atoms with Crippen LogP contribution in [0.15, 0.2) is 0 Å². The largest absolute Gasteiger partial charge is 0.389 e. The van der Waals surface area contributed by atoms with Crippen LogP contribution in [-0.2, 0) is 0 Å². The van der Waals surface area contributed by atoms with Crippen LogP contribution in [0, 0.1) is 5.92 Å². The van der Waals surface area contributed by atoms with E-state index in [-0.39, 0.29) is 5.60 Å². The number of nitrogens with one attached hydrogen (secondary N) is 1. The zero-order chi connectivity index (χ0) is 9.86. The molecule has 0 spiro atoms. The first-order chi connectivity index (χ1) is 6.79. The van der Waals surface area contributed by atoms with E-state index in [1.165, 1.54) is 38.5 Å². The SMILES string of the molecule is OC1(CCC2CCCCC2)CCNC1. The zero-order valence-electron chi connectivity index (χ0n) is 9.10. The summed E-state index contributed by atoms with van der Waals surface area (Å²) >= 11 is 0. The molecule has 1 unspecified atom stereocenters. The Labute approximate surface area is 87.1 Å². The van der Waals surface area contributed by atoms with Crippen LogP contribution in [0.3, 0.4) is 0 Å². The molecule has 0 aromatic rings. The fourth-order valence-corrected chi connectivity index (χ4v) is 2.89. The Morgan fingerprint density at radius 2 is 2.00 bits per heavy atom. The highest BCUT2D eigenvalue weighted by molar-refractivity contribution is 4.88. The topological polar surface area (TPSA) is 32.3 Å². The molecule has 1 saturated carbocycles. The molecule has 1 heterocycles. The van der Waals surface area contributed by atoms with Gasteiger partial charge in [-0.1, -0.05) is 32.1 Å². The van der Waals surface area contributed by atoms with Crippen LogP contribution in [-0.4, -0.2) is 23.8 Å². The normalized spacial score (nSPS) is 34.9. The van der Waals surface area contributed by atoms with Gasteiger partial charge in [0, 0.05) is 6.54 Å². The number of hydrogen-bond donors (Lipinski definition) is 2. The molecular formula is C12H23NO. The van der Waals surface area contributed by atoms with E-state index in [9.17, 15) is 5.11 Å². The van der Waals surface area contributed by atoms with Gasteiger partial charge < -0.3 is 10.4 Å². The van der Waals surface area contributed by atoms with E-state index in [1.807, 2.05) is 0 Å². The van der Waals surface area contributed by atoms with Crippen molar-refractivity contribution in [2.24, 2.45) is 5.92 Å². The van der Waals surface area contributed by atoms with Crippen LogP contribution in [0.5, 0.6) is 0 Å². The lowest BCUT2D eigenvalue weighted by atomic mass is 9.83. The van der Waals surface area contributed by atoms with Crippen LogP contribution in [0.4, 0.5) is 0 Å². The lowest BCUT2D eigenvalue weighted by molar-refractivity contribution is 0.0435. The number of rotatable bonds is 3. The van der Waals surface area contributed by atoms with Gasteiger partial charge >= 0.3 is 0 Å². The van der Waals surface area contributed by atoms with Gasteiger partial charge in [-0.15, -0.1) is 0 Å². The molecule has 2 heteroatoms. The minimum absolute atomic E-state index is 0.364. The summed E-state index contributed by atoms with van der Waals surface area (Å²) in [7, 11) is 0. The molecule has 2 nitrogen and oxygen atoms in total. The zero-order valence-corrected chi connectivity index (χ0v) is 9.10. The third-order valence-electron chi connectivity index (χ3n) is 3.96. The molecule has 82 valence electrons. The molecule has 2 fully saturated rings. The van der Waals surface area contributed by atoms with Crippen molar-refractivity contribution in [2.75, 3.05) is 13.1 Å². The summed E-state index contributed by atoms with van der Waals surface area (Å²) in [5, 5.41) is 13.4. The standard InChI is InChI=1S/C12H23NO/c14-12(8-9-13-10-12)7-6-11-4-2-1-3-5-11/h11,13-14H,1-10H2. The second-order valence-corrected chi connectivity index (χ2v) is 5.19. The molecule has 2 aliphatic rings. The summed E-state index contributed by atoms with van der Waals surface area (Å²) in [6.07, 6.45) is 10.3. The number of hydrogen-bond acceptors (Lipinski definition) is 2. The molecule has 0 aromatic heterocycles. The lowest BCUT2D eigenvalue weighted by Gasteiger charge is -2.26. The first-order valence-electron chi connectivity index (χ1n) is 6.22. The van der Waals surface area contributed by atoms with Gasteiger partial charge in [-0.05, 0) is 31.7 Å². The highest BCUT2D eigenvalue weighted by Gasteiger charge is 2.31. The van der Waals surface area contributed by atoms with Crippen LogP contribution in [0.25, 0.3) is 0 Å². The van der Waals surface area contributed by atoms with Crippen molar-refractivity contribution in [3.05, 3.63) is 0 Å². The smallest absolute Gasteiger partial charge is 0.0783 e. The minimum Gasteiger partial charge on any atom is -0.389 e. The maximum Gasteiger partial charge on any atom is 0.0783 e. The van der Waals surface area contributed by atoms with Gasteiger partial charge in [0.2, 0.25) is 0 Å². The summed E-state index contributed by atoms with van der Waals surface area (Å²) in [6.45, 7) is 1.82. The monoisotopic (exact) mass is 197 g/mol. The third-order valence-corrected chi connectivity index (χ3v) is 3.96. The molecule has 1 aliphatic carbocycles. The Balaban J connectivity index is 1.70. The van der Waals surface area contributed by atoms with Crippen LogP contribution in [0.2, 0.25) is 0 Å². The van der Waals surface area contributed by atoms with Crippen molar-refractivity contribution in [3.63, 3.8) is 0 Å². The van der Waals surface area contributed by atoms with Gasteiger partial charge in [0.15, 0.2) is 0 Å². The van der Waals surface area contributed by atoms with E-state index in [4.69, 9.17) is 0 Å². The van der Waals surface area contributed by atoms with Gasteiger partial charge in [0.1, 0.15) is 0 Å². The summed E-state index contributed by atoms with van der Waals surface area (Å²) < 4.78 is 0. The quantitative estimate of drug-likeness (QED) is 0.726. The van der Waals surface area contributed by atoms with E-state index in [0.29, 0.717) is 0 Å². The Morgan fingerprint density at radius 1 is 1.21 bits per heavy atom. The van der Waals surface area contributed by atoms with Crippen molar-refractivity contribution in [3.8, 4) is 0 Å². The van der Waals surface area contributed by atoms with Gasteiger partial charge in [-0.2, -0.15) is 0 Å². The average Bonchev–Trinajstić information content (AvgIpc) is 2.65. The molecule has 1 aliphatic heterocycles. The summed E-state index contributed by atoms with van der Waals surface area (Å²) in [6, 6.07) is 0. The first kappa shape index (κ1) is 10.4. The van der Waals surface area contributed by atoms with Crippen LogP contribution in [0.1, 0.15) is 51.4 Å². The van der Waals surface area contributed by atoms with Gasteiger partial charge in [-0.25, -0.2) is 0 Å². The van der Waals surface area contributed by atoms with Crippen LogP contribution < -0.4 is 5.32 Å². The van der Waals surface area contributed by atoms with Crippen molar-refractivity contribution in [1.82, 2.24) is 5.32 Å². The predicted octanol–water partition coefficient (Wildman–Crippen LogP) is 2.07. The Kier molecular flexibility index (Phi) is 3.45. The maximum atomic E-state index is 10.2. The molecule has 0 aromatic carbocycles. The van der Waals surface area contributed by atoms with E-state index >= 15 is 0 Å². The van der Waals surface area contributed by atoms with E-state index in [0.717, 1.165) is 31.8 Å². The summed E-state index contributed by atoms with van der Waals surface area (Å²) in [4.78, 5) is 0. The van der Waals surface area contributed by atoms with Gasteiger partial charge in [0.25, 0.3) is 0 Å². The molecule has 1 saturated heterocycles. The first-order valence-corrected chi connectivity index (χ1v) is 6.22. The van der Waals surface area contributed by atoms with Crippen molar-refractivity contribution in [1.29, 1.82) is 0 Å². The second-order valence-electron chi connectivity index (χ2n) is 5.19. The predicted molar refractivity (Wildman–Crippen MR) is 58.2 cm³/mol. The second kappa shape index (κ2) is 4.63. The highest BCUT2D eigenvalue weighted by atomic mass is 16.3. The average molecular weight is 197 g/mol. The number of aliphatic hydroxyl groups is 1. The fourth-order valence-electron chi connectivity index (χ4n) is 2.89. The van der Waals surface area contributed by atoms with E-state index in [1.54, 1.807) is 0 Å². The molecule has 2 rings (SSSR count).